The first-order valence-corrected chi connectivity index (χ1v) is 14.1. The second-order valence-corrected chi connectivity index (χ2v) is 10.00. The van der Waals surface area contributed by atoms with E-state index in [-0.39, 0.29) is 17.0 Å². The van der Waals surface area contributed by atoms with Crippen molar-refractivity contribution in [3.8, 4) is 5.75 Å². The molecule has 0 aromatic heterocycles. The van der Waals surface area contributed by atoms with E-state index >= 15 is 0 Å². The molecule has 0 spiro atoms. The van der Waals surface area contributed by atoms with Gasteiger partial charge in [-0.1, -0.05) is 128 Å². The number of carbonyl (C=O) groups excluding carboxylic acids is 2. The van der Waals surface area contributed by atoms with Crippen molar-refractivity contribution < 1.29 is 14.7 Å². The summed E-state index contributed by atoms with van der Waals surface area (Å²) in [5.41, 5.74) is 11.4. The van der Waals surface area contributed by atoms with E-state index in [1.165, 1.54) is 88.4 Å². The van der Waals surface area contributed by atoms with Crippen molar-refractivity contribution in [3.63, 3.8) is 0 Å². The maximum absolute atomic E-state index is 12.2. The average molecular weight is 498 g/mol. The number of fused-ring (bicyclic) bond motifs is 1. The summed E-state index contributed by atoms with van der Waals surface area (Å²) in [5.74, 6) is -1.03. The molecule has 2 rings (SSSR count). The van der Waals surface area contributed by atoms with E-state index in [4.69, 9.17) is 11.5 Å². The number of urea groups is 1. The number of primary amides is 2. The van der Waals surface area contributed by atoms with Crippen LogP contribution in [0.1, 0.15) is 120 Å². The number of benzene rings is 2. The molecule has 0 aliphatic heterocycles. The zero-order chi connectivity index (χ0) is 26.2. The number of unbranched alkanes of at least 4 members (excludes halogenated alkanes) is 15. The number of carbonyl (C=O) groups is 2. The summed E-state index contributed by atoms with van der Waals surface area (Å²) >= 11 is 0. The summed E-state index contributed by atoms with van der Waals surface area (Å²) in [6, 6.07) is 8.18. The van der Waals surface area contributed by atoms with Crippen molar-refractivity contribution in [3.05, 3.63) is 35.9 Å². The smallest absolute Gasteiger partial charge is 0.319 e. The molecule has 0 heterocycles. The summed E-state index contributed by atoms with van der Waals surface area (Å²) in [5, 5.41) is 12.0. The predicted molar refractivity (Wildman–Crippen MR) is 151 cm³/mol. The average Bonchev–Trinajstić information content (AvgIpc) is 2.85. The second-order valence-electron chi connectivity index (χ2n) is 10.00. The van der Waals surface area contributed by atoms with Crippen LogP contribution in [0.5, 0.6) is 5.75 Å². The number of aromatic hydroxyl groups is 1. The number of nitrogens with two attached hydrogens (primary N) is 2. The Labute approximate surface area is 217 Å². The van der Waals surface area contributed by atoms with Crippen molar-refractivity contribution >= 4 is 28.4 Å². The van der Waals surface area contributed by atoms with Crippen LogP contribution in [0.15, 0.2) is 30.3 Å². The predicted octanol–water partition coefficient (Wildman–Crippen LogP) is 7.79. The Morgan fingerprint density at radius 2 is 1.22 bits per heavy atom. The summed E-state index contributed by atoms with van der Waals surface area (Å²) in [7, 11) is 0. The highest BCUT2D eigenvalue weighted by molar-refractivity contribution is 6.12. The van der Waals surface area contributed by atoms with E-state index in [1.807, 2.05) is 12.1 Å². The zero-order valence-electron chi connectivity index (χ0n) is 22.3. The highest BCUT2D eigenvalue weighted by Gasteiger charge is 2.23. The molecule has 2 aromatic rings. The lowest BCUT2D eigenvalue weighted by Gasteiger charge is -2.23. The summed E-state index contributed by atoms with van der Waals surface area (Å²) in [6.07, 6.45) is 20.4. The summed E-state index contributed by atoms with van der Waals surface area (Å²) < 4.78 is 0. The van der Waals surface area contributed by atoms with Gasteiger partial charge in [0.05, 0.1) is 11.3 Å². The number of amides is 3. The second kappa shape index (κ2) is 16.8. The topological polar surface area (TPSA) is 110 Å². The molecule has 6 nitrogen and oxygen atoms in total. The largest absolute Gasteiger partial charge is 0.505 e. The van der Waals surface area contributed by atoms with Gasteiger partial charge < -0.3 is 16.6 Å². The number of hydrogen-bond acceptors (Lipinski definition) is 3. The fourth-order valence-corrected chi connectivity index (χ4v) is 4.94. The maximum Gasteiger partial charge on any atom is 0.319 e. The Balaban J connectivity index is 1.67. The van der Waals surface area contributed by atoms with Gasteiger partial charge in [0, 0.05) is 6.54 Å². The molecule has 0 saturated carbocycles. The fraction of sp³-hybridized carbons (Fsp3) is 0.600. The lowest BCUT2D eigenvalue weighted by Crippen LogP contribution is -2.36. The van der Waals surface area contributed by atoms with Gasteiger partial charge in [0.15, 0.2) is 5.75 Å². The minimum atomic E-state index is -0.739. The van der Waals surface area contributed by atoms with Crippen molar-refractivity contribution in [2.24, 2.45) is 11.5 Å². The van der Waals surface area contributed by atoms with Gasteiger partial charge in [-0.2, -0.15) is 0 Å². The number of rotatable bonds is 19. The Hall–Kier alpha value is -2.76. The molecule has 0 aliphatic rings. The molecule has 3 amide bonds. The fourth-order valence-electron chi connectivity index (χ4n) is 4.94. The van der Waals surface area contributed by atoms with E-state index in [1.54, 1.807) is 18.2 Å². The van der Waals surface area contributed by atoms with E-state index in [0.29, 0.717) is 11.9 Å². The standard InChI is InChI=1S/C30H47N3O3/c1-2-3-4-5-6-7-8-9-10-11-12-13-14-15-16-19-22-33(30(32)36)26-23-24-20-17-18-21-25(24)27(28(26)34)29(31)35/h17-18,20-21,23,34H,2-16,19,22H2,1H3,(H2,31,35)(H2,32,36). The van der Waals surface area contributed by atoms with Crippen molar-refractivity contribution in [1.82, 2.24) is 0 Å². The zero-order valence-corrected chi connectivity index (χ0v) is 22.3. The van der Waals surface area contributed by atoms with Crippen molar-refractivity contribution in [2.45, 2.75) is 110 Å². The molecular formula is C30H47N3O3. The third kappa shape index (κ3) is 9.71. The number of nitrogens with zero attached hydrogens (tertiary/aromatic N) is 1. The Bertz CT molecular complexity index is 944. The van der Waals surface area contributed by atoms with Crippen molar-refractivity contribution in [2.75, 3.05) is 11.4 Å². The molecule has 0 aliphatic carbocycles. The molecule has 2 aromatic carbocycles. The van der Waals surface area contributed by atoms with Gasteiger partial charge in [-0.3, -0.25) is 9.69 Å². The van der Waals surface area contributed by atoms with Crippen LogP contribution >= 0.6 is 0 Å². The van der Waals surface area contributed by atoms with E-state index in [0.717, 1.165) is 24.6 Å². The summed E-state index contributed by atoms with van der Waals surface area (Å²) in [6.45, 7) is 2.65. The van der Waals surface area contributed by atoms with Crippen LogP contribution in [-0.4, -0.2) is 23.6 Å². The van der Waals surface area contributed by atoms with E-state index < -0.39 is 11.9 Å². The molecule has 0 atom stereocenters. The first-order chi connectivity index (χ1) is 17.5. The quantitative estimate of drug-likeness (QED) is 0.172. The van der Waals surface area contributed by atoms with Crippen LogP contribution in [0.25, 0.3) is 10.8 Å². The highest BCUT2D eigenvalue weighted by Crippen LogP contribution is 2.37. The van der Waals surface area contributed by atoms with Crippen LogP contribution in [0.4, 0.5) is 10.5 Å². The first kappa shape index (κ1) is 29.5. The lowest BCUT2D eigenvalue weighted by atomic mass is 10.0. The molecule has 6 heteroatoms. The van der Waals surface area contributed by atoms with E-state index in [2.05, 4.69) is 6.92 Å². The molecule has 36 heavy (non-hydrogen) atoms. The van der Waals surface area contributed by atoms with Gasteiger partial charge in [-0.25, -0.2) is 4.79 Å². The normalized spacial score (nSPS) is 11.1. The lowest BCUT2D eigenvalue weighted by molar-refractivity contribution is 0.0999. The minimum absolute atomic E-state index is 0.0151. The summed E-state index contributed by atoms with van der Waals surface area (Å²) in [4.78, 5) is 25.6. The SMILES string of the molecule is CCCCCCCCCCCCCCCCCCN(C(N)=O)c1cc2ccccc2c(C(N)=O)c1O. The molecule has 0 radical (unpaired) electrons. The van der Waals surface area contributed by atoms with Gasteiger partial charge in [0.1, 0.15) is 0 Å². The molecule has 0 saturated heterocycles. The molecule has 200 valence electrons. The van der Waals surface area contributed by atoms with Crippen LogP contribution in [0.3, 0.4) is 0 Å². The van der Waals surface area contributed by atoms with Crippen molar-refractivity contribution in [1.29, 1.82) is 0 Å². The van der Waals surface area contributed by atoms with Crippen LogP contribution in [0, 0.1) is 0 Å². The molecule has 0 unspecified atom stereocenters. The maximum atomic E-state index is 12.2. The van der Waals surface area contributed by atoms with Crippen LogP contribution < -0.4 is 16.4 Å². The highest BCUT2D eigenvalue weighted by atomic mass is 16.3. The molecule has 5 N–H and O–H groups in total. The molecular weight excluding hydrogens is 450 g/mol. The van der Waals surface area contributed by atoms with Gasteiger partial charge in [-0.05, 0) is 23.3 Å². The van der Waals surface area contributed by atoms with Gasteiger partial charge in [-0.15, -0.1) is 0 Å². The monoisotopic (exact) mass is 497 g/mol. The minimum Gasteiger partial charge on any atom is -0.505 e. The molecule has 0 fully saturated rings. The van der Waals surface area contributed by atoms with Crippen LogP contribution in [-0.2, 0) is 0 Å². The van der Waals surface area contributed by atoms with Gasteiger partial charge in [0.25, 0.3) is 5.91 Å². The molecule has 0 bridgehead atoms. The van der Waals surface area contributed by atoms with E-state index in [9.17, 15) is 14.7 Å². The van der Waals surface area contributed by atoms with Gasteiger partial charge >= 0.3 is 6.03 Å². The number of phenols is 1. The number of anilines is 1. The third-order valence-corrected chi connectivity index (χ3v) is 7.04. The van der Waals surface area contributed by atoms with Crippen LogP contribution in [0.2, 0.25) is 0 Å². The Morgan fingerprint density at radius 3 is 1.69 bits per heavy atom. The van der Waals surface area contributed by atoms with Gasteiger partial charge in [0.2, 0.25) is 0 Å². The Kier molecular flexibility index (Phi) is 13.8. The first-order valence-electron chi connectivity index (χ1n) is 14.1. The number of hydrogen-bond donors (Lipinski definition) is 3. The third-order valence-electron chi connectivity index (χ3n) is 7.04. The Morgan fingerprint density at radius 1 is 0.750 bits per heavy atom.